The second-order valence-corrected chi connectivity index (χ2v) is 8.84. The molecule has 37 heavy (non-hydrogen) atoms. The van der Waals surface area contributed by atoms with Crippen LogP contribution in [0.1, 0.15) is 18.1 Å². The smallest absolute Gasteiger partial charge is 0.209 e. The van der Waals surface area contributed by atoms with E-state index >= 15 is 0 Å². The number of nitrogens with one attached hydrogen (secondary N) is 1. The lowest BCUT2D eigenvalue weighted by molar-refractivity contribution is 0.184. The van der Waals surface area contributed by atoms with Crippen molar-refractivity contribution in [3.63, 3.8) is 0 Å². The molecular formula is C32H30N4O. The van der Waals surface area contributed by atoms with Crippen LogP contribution in [0.3, 0.4) is 0 Å². The van der Waals surface area contributed by atoms with E-state index in [0.717, 1.165) is 43.8 Å². The summed E-state index contributed by atoms with van der Waals surface area (Å²) in [6, 6.07) is 25.0. The quantitative estimate of drug-likeness (QED) is 0.195. The highest BCUT2D eigenvalue weighted by atomic mass is 16.5. The lowest BCUT2D eigenvalue weighted by atomic mass is 9.87. The van der Waals surface area contributed by atoms with E-state index in [2.05, 4.69) is 47.8 Å². The number of benzene rings is 4. The molecule has 0 saturated carbocycles. The van der Waals surface area contributed by atoms with Crippen LogP contribution in [0.2, 0.25) is 0 Å². The van der Waals surface area contributed by atoms with E-state index < -0.39 is 6.23 Å². The summed E-state index contributed by atoms with van der Waals surface area (Å²) in [5.74, 6) is 0. The van der Waals surface area contributed by atoms with Crippen LogP contribution in [0, 0.1) is 0 Å². The first kappa shape index (κ1) is 23.8. The molecule has 0 amide bonds. The molecule has 0 aliphatic carbocycles. The van der Waals surface area contributed by atoms with Crippen LogP contribution in [0.5, 0.6) is 0 Å². The SMILES string of the molecule is C/C=C/C=C(\N)c1c2ccccc2c(/C(N)=C/C=C(\N)C2NC=CO2)c2cc(-c3ccccc3)ccc12. The third-order valence-electron chi connectivity index (χ3n) is 6.47. The van der Waals surface area contributed by atoms with Crippen LogP contribution in [-0.2, 0) is 4.74 Å². The van der Waals surface area contributed by atoms with Gasteiger partial charge in [0.1, 0.15) is 6.26 Å². The summed E-state index contributed by atoms with van der Waals surface area (Å²) < 4.78 is 5.45. The number of fused-ring (bicyclic) bond motifs is 2. The van der Waals surface area contributed by atoms with Gasteiger partial charge in [0.2, 0.25) is 6.23 Å². The van der Waals surface area contributed by atoms with Crippen LogP contribution in [-0.4, -0.2) is 6.23 Å². The molecule has 1 heterocycles. The van der Waals surface area contributed by atoms with Gasteiger partial charge in [-0.1, -0.05) is 78.9 Å². The molecule has 5 rings (SSSR count). The molecule has 184 valence electrons. The van der Waals surface area contributed by atoms with Gasteiger partial charge < -0.3 is 27.3 Å². The standard InChI is InChI=1S/C32H30N4O/c1-2-3-13-27(33)30-23-11-7-8-12-24(23)31(28(34)16-17-29(35)32-36-18-19-37-32)26-20-22(14-15-25(26)30)21-9-5-4-6-10-21/h2-20,32,36H,33-35H2,1H3/b3-2+,27-13-,28-16-,29-17-. The maximum atomic E-state index is 6.80. The molecule has 1 aliphatic rings. The maximum Gasteiger partial charge on any atom is 0.209 e. The van der Waals surface area contributed by atoms with E-state index in [1.807, 2.05) is 61.6 Å². The van der Waals surface area contributed by atoms with Gasteiger partial charge in [0, 0.05) is 28.7 Å². The molecule has 4 aromatic rings. The van der Waals surface area contributed by atoms with Crippen LogP contribution < -0.4 is 22.5 Å². The van der Waals surface area contributed by atoms with E-state index in [-0.39, 0.29) is 0 Å². The van der Waals surface area contributed by atoms with Crippen molar-refractivity contribution in [2.24, 2.45) is 17.2 Å². The molecular weight excluding hydrogens is 456 g/mol. The molecule has 0 saturated heterocycles. The van der Waals surface area contributed by atoms with E-state index in [9.17, 15) is 0 Å². The summed E-state index contributed by atoms with van der Waals surface area (Å²) in [5, 5.41) is 7.15. The average Bonchev–Trinajstić information content (AvgIpc) is 3.48. The van der Waals surface area contributed by atoms with Gasteiger partial charge in [-0.2, -0.15) is 0 Å². The molecule has 1 atom stereocenters. The molecule has 1 unspecified atom stereocenters. The zero-order valence-electron chi connectivity index (χ0n) is 20.7. The number of rotatable bonds is 6. The van der Waals surface area contributed by atoms with Gasteiger partial charge in [0.15, 0.2) is 0 Å². The lowest BCUT2D eigenvalue weighted by Crippen LogP contribution is -2.27. The Labute approximate surface area is 216 Å². The first-order valence-electron chi connectivity index (χ1n) is 12.2. The summed E-state index contributed by atoms with van der Waals surface area (Å²) in [7, 11) is 0. The zero-order valence-corrected chi connectivity index (χ0v) is 20.7. The molecule has 4 aromatic carbocycles. The van der Waals surface area contributed by atoms with Crippen molar-refractivity contribution in [1.29, 1.82) is 0 Å². The van der Waals surface area contributed by atoms with E-state index in [1.54, 1.807) is 18.5 Å². The topological polar surface area (TPSA) is 99.3 Å². The Balaban J connectivity index is 1.80. The second kappa shape index (κ2) is 10.4. The molecule has 0 fully saturated rings. The van der Waals surface area contributed by atoms with Crippen molar-refractivity contribution < 1.29 is 4.74 Å². The summed E-state index contributed by atoms with van der Waals surface area (Å²) in [6.45, 7) is 1.97. The van der Waals surface area contributed by atoms with Crippen LogP contribution in [0.15, 0.2) is 121 Å². The van der Waals surface area contributed by atoms with Crippen molar-refractivity contribution >= 4 is 32.9 Å². The predicted octanol–water partition coefficient (Wildman–Crippen LogP) is 6.10. The summed E-state index contributed by atoms with van der Waals surface area (Å²) >= 11 is 0. The van der Waals surface area contributed by atoms with Gasteiger partial charge in [-0.15, -0.1) is 0 Å². The molecule has 5 nitrogen and oxygen atoms in total. The first-order chi connectivity index (χ1) is 18.1. The zero-order chi connectivity index (χ0) is 25.8. The summed E-state index contributed by atoms with van der Waals surface area (Å²) in [4.78, 5) is 0. The predicted molar refractivity (Wildman–Crippen MR) is 155 cm³/mol. The molecule has 0 bridgehead atoms. The Morgan fingerprint density at radius 3 is 2.05 bits per heavy atom. The third-order valence-corrected chi connectivity index (χ3v) is 6.47. The number of allylic oxidation sites excluding steroid dienone is 5. The molecule has 0 spiro atoms. The fourth-order valence-corrected chi connectivity index (χ4v) is 4.71. The van der Waals surface area contributed by atoms with E-state index in [4.69, 9.17) is 21.9 Å². The number of hydrogen-bond acceptors (Lipinski definition) is 5. The van der Waals surface area contributed by atoms with Gasteiger partial charge >= 0.3 is 0 Å². The lowest BCUT2D eigenvalue weighted by Gasteiger charge is -2.18. The third kappa shape index (κ3) is 4.67. The van der Waals surface area contributed by atoms with Crippen LogP contribution in [0.4, 0.5) is 0 Å². The van der Waals surface area contributed by atoms with Gasteiger partial charge in [0.05, 0.1) is 5.70 Å². The number of nitrogens with two attached hydrogens (primary N) is 3. The van der Waals surface area contributed by atoms with Crippen LogP contribution >= 0.6 is 0 Å². The van der Waals surface area contributed by atoms with E-state index in [1.165, 1.54) is 0 Å². The monoisotopic (exact) mass is 486 g/mol. The minimum absolute atomic E-state index is 0.402. The molecule has 0 radical (unpaired) electrons. The fraction of sp³-hybridized carbons (Fsp3) is 0.0625. The Morgan fingerprint density at radius 2 is 1.38 bits per heavy atom. The highest BCUT2D eigenvalue weighted by Crippen LogP contribution is 2.39. The van der Waals surface area contributed by atoms with Crippen LogP contribution in [0.25, 0.3) is 44.1 Å². The van der Waals surface area contributed by atoms with Crippen molar-refractivity contribution in [3.8, 4) is 11.1 Å². The highest BCUT2D eigenvalue weighted by Gasteiger charge is 2.18. The van der Waals surface area contributed by atoms with Gasteiger partial charge in [0.25, 0.3) is 0 Å². The second-order valence-electron chi connectivity index (χ2n) is 8.84. The molecule has 5 heteroatoms. The first-order valence-corrected chi connectivity index (χ1v) is 12.2. The number of hydrogen-bond donors (Lipinski definition) is 4. The van der Waals surface area contributed by atoms with Gasteiger partial charge in [-0.25, -0.2) is 0 Å². The highest BCUT2D eigenvalue weighted by molar-refractivity contribution is 6.16. The van der Waals surface area contributed by atoms with Crippen molar-refractivity contribution in [2.75, 3.05) is 0 Å². The van der Waals surface area contributed by atoms with E-state index in [0.29, 0.717) is 17.1 Å². The van der Waals surface area contributed by atoms with Crippen molar-refractivity contribution in [3.05, 3.63) is 132 Å². The Kier molecular flexibility index (Phi) is 6.68. The Morgan fingerprint density at radius 1 is 0.730 bits per heavy atom. The van der Waals surface area contributed by atoms with Gasteiger partial charge in [-0.3, -0.25) is 0 Å². The minimum atomic E-state index is -0.402. The summed E-state index contributed by atoms with van der Waals surface area (Å²) in [5.41, 5.74) is 25.7. The maximum absolute atomic E-state index is 6.80. The molecule has 1 aliphatic heterocycles. The average molecular weight is 487 g/mol. The number of ether oxygens (including phenoxy) is 1. The minimum Gasteiger partial charge on any atom is -0.471 e. The van der Waals surface area contributed by atoms with Gasteiger partial charge in [-0.05, 0) is 63.9 Å². The van der Waals surface area contributed by atoms with Crippen molar-refractivity contribution in [2.45, 2.75) is 13.2 Å². The molecule has 7 N–H and O–H groups in total. The normalized spacial score (nSPS) is 16.5. The molecule has 0 aromatic heterocycles. The Hall–Kier alpha value is -4.90. The Bertz CT molecular complexity index is 1600. The summed E-state index contributed by atoms with van der Waals surface area (Å²) in [6.07, 6.45) is 12.4. The largest absolute Gasteiger partial charge is 0.471 e. The van der Waals surface area contributed by atoms with Crippen molar-refractivity contribution in [1.82, 2.24) is 5.32 Å². The fourth-order valence-electron chi connectivity index (χ4n) is 4.71.